The Hall–Kier alpha value is -3.37. The molecule has 0 aromatic heterocycles. The number of ether oxygens (including phenoxy) is 2. The monoisotopic (exact) mass is 446 g/mol. The molecule has 5 heteroatoms. The number of rotatable bonds is 6. The van der Waals surface area contributed by atoms with Crippen LogP contribution in [0.1, 0.15) is 35.1 Å². The molecule has 0 bridgehead atoms. The SMILES string of the molecule is C=C(C(=O)OC)[C@@H](c1ccc(Cl)cc1)[C@@]1(c2ccccc2)C(=O)Oc2ccc(CC)cc21. The molecule has 0 saturated heterocycles. The van der Waals surface area contributed by atoms with E-state index in [0.717, 1.165) is 12.0 Å². The van der Waals surface area contributed by atoms with Gasteiger partial charge in [-0.05, 0) is 41.3 Å². The van der Waals surface area contributed by atoms with Crippen molar-refractivity contribution in [2.24, 2.45) is 0 Å². The third kappa shape index (κ3) is 3.41. The van der Waals surface area contributed by atoms with Crippen molar-refractivity contribution in [2.75, 3.05) is 7.11 Å². The van der Waals surface area contributed by atoms with Crippen molar-refractivity contribution in [3.63, 3.8) is 0 Å². The third-order valence-corrected chi connectivity index (χ3v) is 6.32. The predicted molar refractivity (Wildman–Crippen MR) is 124 cm³/mol. The van der Waals surface area contributed by atoms with E-state index in [4.69, 9.17) is 21.1 Å². The molecule has 32 heavy (non-hydrogen) atoms. The molecule has 0 unspecified atom stereocenters. The number of methoxy groups -OCH3 is 1. The van der Waals surface area contributed by atoms with Gasteiger partial charge in [0.15, 0.2) is 0 Å². The maximum absolute atomic E-state index is 13.8. The van der Waals surface area contributed by atoms with Crippen LogP contribution in [-0.4, -0.2) is 19.0 Å². The Labute approximate surface area is 192 Å². The van der Waals surface area contributed by atoms with Crippen LogP contribution in [0.3, 0.4) is 0 Å². The van der Waals surface area contributed by atoms with Crippen LogP contribution in [0, 0.1) is 0 Å². The van der Waals surface area contributed by atoms with E-state index in [-0.39, 0.29) is 5.57 Å². The highest BCUT2D eigenvalue weighted by atomic mass is 35.5. The summed E-state index contributed by atoms with van der Waals surface area (Å²) >= 11 is 6.14. The zero-order valence-electron chi connectivity index (χ0n) is 17.9. The number of benzene rings is 3. The van der Waals surface area contributed by atoms with Crippen molar-refractivity contribution in [3.8, 4) is 5.75 Å². The van der Waals surface area contributed by atoms with Gasteiger partial charge in [-0.2, -0.15) is 0 Å². The lowest BCUT2D eigenvalue weighted by Gasteiger charge is -2.36. The second kappa shape index (κ2) is 8.64. The van der Waals surface area contributed by atoms with Gasteiger partial charge >= 0.3 is 11.9 Å². The summed E-state index contributed by atoms with van der Waals surface area (Å²) in [5, 5.41) is 0.549. The largest absolute Gasteiger partial charge is 0.466 e. The summed E-state index contributed by atoms with van der Waals surface area (Å²) in [6.07, 6.45) is 0.788. The Morgan fingerprint density at radius 3 is 2.41 bits per heavy atom. The molecule has 3 aromatic carbocycles. The molecule has 162 valence electrons. The minimum atomic E-state index is -1.32. The Balaban J connectivity index is 2.10. The Morgan fingerprint density at radius 2 is 1.78 bits per heavy atom. The predicted octanol–water partition coefficient (Wildman–Crippen LogP) is 5.62. The molecule has 0 radical (unpaired) electrons. The lowest BCUT2D eigenvalue weighted by atomic mass is 9.61. The van der Waals surface area contributed by atoms with Gasteiger partial charge in [-0.15, -0.1) is 0 Å². The van der Waals surface area contributed by atoms with Crippen molar-refractivity contribution in [1.29, 1.82) is 0 Å². The van der Waals surface area contributed by atoms with Crippen molar-refractivity contribution in [1.82, 2.24) is 0 Å². The zero-order valence-corrected chi connectivity index (χ0v) is 18.7. The number of esters is 2. The first-order chi connectivity index (χ1) is 15.4. The molecule has 0 spiro atoms. The van der Waals surface area contributed by atoms with Crippen LogP contribution in [0.4, 0.5) is 0 Å². The van der Waals surface area contributed by atoms with Crippen molar-refractivity contribution >= 4 is 23.5 Å². The second-order valence-corrected chi connectivity index (χ2v) is 8.19. The topological polar surface area (TPSA) is 52.6 Å². The van der Waals surface area contributed by atoms with Gasteiger partial charge in [-0.1, -0.05) is 79.7 Å². The first-order valence-corrected chi connectivity index (χ1v) is 10.7. The average Bonchev–Trinajstić information content (AvgIpc) is 3.12. The molecule has 3 aromatic rings. The molecule has 2 atom stereocenters. The second-order valence-electron chi connectivity index (χ2n) is 7.75. The van der Waals surface area contributed by atoms with E-state index in [2.05, 4.69) is 6.58 Å². The minimum absolute atomic E-state index is 0.158. The molecule has 0 saturated carbocycles. The fraction of sp³-hybridized carbons (Fsp3) is 0.185. The molecule has 1 aliphatic heterocycles. The highest BCUT2D eigenvalue weighted by molar-refractivity contribution is 6.30. The summed E-state index contributed by atoms with van der Waals surface area (Å²) < 4.78 is 10.8. The first-order valence-electron chi connectivity index (χ1n) is 10.4. The Kier molecular flexibility index (Phi) is 5.90. The summed E-state index contributed by atoms with van der Waals surface area (Å²) in [7, 11) is 1.30. The smallest absolute Gasteiger partial charge is 0.333 e. The van der Waals surface area contributed by atoms with Crippen LogP contribution in [0.5, 0.6) is 5.75 Å². The summed E-state index contributed by atoms with van der Waals surface area (Å²) in [4.78, 5) is 26.6. The maximum atomic E-state index is 13.8. The van der Waals surface area contributed by atoms with Gasteiger partial charge in [-0.25, -0.2) is 4.79 Å². The molecule has 4 nitrogen and oxygen atoms in total. The van der Waals surface area contributed by atoms with Gasteiger partial charge < -0.3 is 9.47 Å². The van der Waals surface area contributed by atoms with E-state index in [9.17, 15) is 9.59 Å². The molecule has 0 fully saturated rings. The third-order valence-electron chi connectivity index (χ3n) is 6.06. The molecule has 1 heterocycles. The molecule has 0 aliphatic carbocycles. The van der Waals surface area contributed by atoms with Crippen LogP contribution >= 0.6 is 11.6 Å². The van der Waals surface area contributed by atoms with Crippen LogP contribution in [0.2, 0.25) is 5.02 Å². The van der Waals surface area contributed by atoms with Gasteiger partial charge in [0, 0.05) is 22.1 Å². The number of aryl methyl sites for hydroxylation is 1. The lowest BCUT2D eigenvalue weighted by molar-refractivity contribution is -0.138. The van der Waals surface area contributed by atoms with Crippen LogP contribution < -0.4 is 4.74 Å². The van der Waals surface area contributed by atoms with E-state index in [1.165, 1.54) is 7.11 Å². The van der Waals surface area contributed by atoms with E-state index in [1.807, 2.05) is 55.5 Å². The van der Waals surface area contributed by atoms with Gasteiger partial charge in [0.05, 0.1) is 7.11 Å². The average molecular weight is 447 g/mol. The number of carbonyl (C=O) groups is 2. The van der Waals surface area contributed by atoms with Crippen LogP contribution in [0.25, 0.3) is 0 Å². The maximum Gasteiger partial charge on any atom is 0.333 e. The number of fused-ring (bicyclic) bond motifs is 1. The number of carbonyl (C=O) groups excluding carboxylic acids is 2. The quantitative estimate of drug-likeness (QED) is 0.280. The number of hydrogen-bond donors (Lipinski definition) is 0. The fourth-order valence-corrected chi connectivity index (χ4v) is 4.64. The Bertz CT molecular complexity index is 1180. The molecule has 0 amide bonds. The summed E-state index contributed by atoms with van der Waals surface area (Å²) in [5.41, 5.74) is 2.02. The van der Waals surface area contributed by atoms with Crippen LogP contribution in [-0.2, 0) is 26.2 Å². The number of hydrogen-bond acceptors (Lipinski definition) is 4. The van der Waals surface area contributed by atoms with Gasteiger partial charge in [-0.3, -0.25) is 4.79 Å². The summed E-state index contributed by atoms with van der Waals surface area (Å²) in [6.45, 7) is 6.12. The van der Waals surface area contributed by atoms with E-state index in [1.54, 1.807) is 24.3 Å². The van der Waals surface area contributed by atoms with E-state index >= 15 is 0 Å². The fourth-order valence-electron chi connectivity index (χ4n) is 4.52. The Morgan fingerprint density at radius 1 is 1.09 bits per heavy atom. The molecule has 1 aliphatic rings. The zero-order chi connectivity index (χ0) is 22.9. The van der Waals surface area contributed by atoms with Crippen molar-refractivity contribution in [3.05, 3.63) is 112 Å². The normalized spacial score (nSPS) is 17.9. The first kappa shape index (κ1) is 21.8. The molecule has 4 rings (SSSR count). The summed E-state index contributed by atoms with van der Waals surface area (Å²) in [6, 6.07) is 22.2. The molecule has 0 N–H and O–H groups in total. The van der Waals surface area contributed by atoms with Crippen molar-refractivity contribution < 1.29 is 19.1 Å². The molecular formula is C27H23ClO4. The lowest BCUT2D eigenvalue weighted by Crippen LogP contribution is -2.43. The van der Waals surface area contributed by atoms with Gasteiger partial charge in [0.25, 0.3) is 0 Å². The van der Waals surface area contributed by atoms with Gasteiger partial charge in [0.1, 0.15) is 11.2 Å². The van der Waals surface area contributed by atoms with Crippen LogP contribution in [0.15, 0.2) is 84.9 Å². The highest BCUT2D eigenvalue weighted by Gasteiger charge is 2.58. The standard InChI is InChI=1S/C27H23ClO4/c1-4-18-10-15-23-22(16-18)27(26(30)32-23,20-8-6-5-7-9-20)24(17(2)25(29)31-3)19-11-13-21(28)14-12-19/h5-16,24H,2,4H2,1,3H3/t24-,27-/m0/s1. The van der Waals surface area contributed by atoms with Crippen molar-refractivity contribution in [2.45, 2.75) is 24.7 Å². The summed E-state index contributed by atoms with van der Waals surface area (Å²) in [5.74, 6) is -1.34. The minimum Gasteiger partial charge on any atom is -0.466 e. The van der Waals surface area contributed by atoms with Gasteiger partial charge in [0.2, 0.25) is 0 Å². The van der Waals surface area contributed by atoms with E-state index in [0.29, 0.717) is 27.5 Å². The van der Waals surface area contributed by atoms with E-state index < -0.39 is 23.3 Å². The number of halogens is 1. The highest BCUT2D eigenvalue weighted by Crippen LogP contribution is 2.55. The molecular weight excluding hydrogens is 424 g/mol.